The lowest BCUT2D eigenvalue weighted by Gasteiger charge is -2.26. The molecule has 1 saturated heterocycles. The van der Waals surface area contributed by atoms with Gasteiger partial charge in [-0.25, -0.2) is 4.68 Å². The van der Waals surface area contributed by atoms with E-state index in [4.69, 9.17) is 4.74 Å². The Balaban J connectivity index is 1.59. The lowest BCUT2D eigenvalue weighted by Crippen LogP contribution is -2.37. The number of nitrogens with zero attached hydrogens (tertiary/aromatic N) is 3. The van der Waals surface area contributed by atoms with Crippen molar-refractivity contribution in [2.45, 2.75) is 19.5 Å². The zero-order valence-electron chi connectivity index (χ0n) is 10.9. The molecule has 1 aliphatic rings. The first kappa shape index (κ1) is 14.4. The highest BCUT2D eigenvalue weighted by atomic mass is 19.3. The Morgan fingerprint density at radius 2 is 2.16 bits per heavy atom. The first-order valence-electron chi connectivity index (χ1n) is 6.59. The molecule has 19 heavy (non-hydrogen) atoms. The Morgan fingerprint density at radius 3 is 2.89 bits per heavy atom. The van der Waals surface area contributed by atoms with Crippen molar-refractivity contribution in [3.8, 4) is 0 Å². The molecular formula is C12H20F2N4O. The Hall–Kier alpha value is -1.05. The molecule has 0 bridgehead atoms. The van der Waals surface area contributed by atoms with Crippen LogP contribution in [-0.4, -0.2) is 54.1 Å². The van der Waals surface area contributed by atoms with Gasteiger partial charge < -0.3 is 10.1 Å². The van der Waals surface area contributed by atoms with Gasteiger partial charge in [-0.1, -0.05) is 0 Å². The van der Waals surface area contributed by atoms with Crippen molar-refractivity contribution in [1.29, 1.82) is 0 Å². The second-order valence-electron chi connectivity index (χ2n) is 4.53. The smallest absolute Gasteiger partial charge is 0.333 e. The van der Waals surface area contributed by atoms with Crippen LogP contribution in [0.2, 0.25) is 0 Å². The number of nitrogens with one attached hydrogen (secondary N) is 1. The fraction of sp³-hybridized carbons (Fsp3) is 0.750. The van der Waals surface area contributed by atoms with Crippen LogP contribution in [-0.2, 0) is 11.3 Å². The molecule has 0 amide bonds. The van der Waals surface area contributed by atoms with Gasteiger partial charge >= 0.3 is 6.55 Å². The molecule has 0 saturated carbocycles. The first-order chi connectivity index (χ1) is 9.27. The minimum absolute atomic E-state index is 0.424. The largest absolute Gasteiger partial charge is 0.379 e. The second-order valence-corrected chi connectivity index (χ2v) is 4.53. The molecular weight excluding hydrogens is 254 g/mol. The molecule has 1 aromatic heterocycles. The summed E-state index contributed by atoms with van der Waals surface area (Å²) in [5.74, 6) is 0. The highest BCUT2D eigenvalue weighted by molar-refractivity contribution is 5.00. The Morgan fingerprint density at radius 1 is 1.37 bits per heavy atom. The van der Waals surface area contributed by atoms with E-state index >= 15 is 0 Å². The lowest BCUT2D eigenvalue weighted by molar-refractivity contribution is 0.0374. The Bertz CT molecular complexity index is 366. The third-order valence-electron chi connectivity index (χ3n) is 3.17. The topological polar surface area (TPSA) is 42.3 Å². The van der Waals surface area contributed by atoms with E-state index in [1.54, 1.807) is 6.07 Å². The van der Waals surface area contributed by atoms with Crippen molar-refractivity contribution in [1.82, 2.24) is 20.0 Å². The van der Waals surface area contributed by atoms with Gasteiger partial charge in [-0.05, 0) is 25.6 Å². The van der Waals surface area contributed by atoms with E-state index in [0.29, 0.717) is 12.2 Å². The molecule has 108 valence electrons. The molecule has 7 heteroatoms. The van der Waals surface area contributed by atoms with Gasteiger partial charge in [-0.2, -0.15) is 13.9 Å². The van der Waals surface area contributed by atoms with Crippen LogP contribution in [0.25, 0.3) is 0 Å². The highest BCUT2D eigenvalue weighted by Gasteiger charge is 2.11. The number of alkyl halides is 2. The summed E-state index contributed by atoms with van der Waals surface area (Å²) in [4.78, 5) is 2.36. The summed E-state index contributed by atoms with van der Waals surface area (Å²) in [6, 6.07) is 1.61. The summed E-state index contributed by atoms with van der Waals surface area (Å²) in [5, 5.41) is 6.76. The third kappa shape index (κ3) is 4.52. The average molecular weight is 274 g/mol. The van der Waals surface area contributed by atoms with Gasteiger partial charge in [-0.15, -0.1) is 0 Å². The van der Waals surface area contributed by atoms with Crippen molar-refractivity contribution in [3.63, 3.8) is 0 Å². The van der Waals surface area contributed by atoms with Gasteiger partial charge in [0.2, 0.25) is 0 Å². The normalized spacial score (nSPS) is 17.2. The van der Waals surface area contributed by atoms with Crippen LogP contribution in [0.4, 0.5) is 8.78 Å². The van der Waals surface area contributed by atoms with Crippen LogP contribution >= 0.6 is 0 Å². The van der Waals surface area contributed by atoms with Crippen molar-refractivity contribution < 1.29 is 13.5 Å². The van der Waals surface area contributed by atoms with Gasteiger partial charge in [0.05, 0.1) is 18.9 Å². The minimum atomic E-state index is -2.57. The number of ether oxygens (including phenoxy) is 1. The van der Waals surface area contributed by atoms with Crippen LogP contribution < -0.4 is 5.32 Å². The van der Waals surface area contributed by atoms with Crippen molar-refractivity contribution in [3.05, 3.63) is 18.0 Å². The molecule has 1 N–H and O–H groups in total. The highest BCUT2D eigenvalue weighted by Crippen LogP contribution is 2.11. The maximum absolute atomic E-state index is 12.5. The average Bonchev–Trinajstić information content (AvgIpc) is 2.88. The Labute approximate surface area is 111 Å². The van der Waals surface area contributed by atoms with Crippen LogP contribution in [0.1, 0.15) is 18.7 Å². The summed E-state index contributed by atoms with van der Waals surface area (Å²) < 4.78 is 31.1. The number of morpholine rings is 1. The minimum Gasteiger partial charge on any atom is -0.379 e. The maximum atomic E-state index is 12.5. The molecule has 5 nitrogen and oxygen atoms in total. The van der Waals surface area contributed by atoms with E-state index in [0.717, 1.165) is 50.5 Å². The lowest BCUT2D eigenvalue weighted by atomic mass is 10.3. The van der Waals surface area contributed by atoms with Crippen molar-refractivity contribution >= 4 is 0 Å². The van der Waals surface area contributed by atoms with E-state index in [2.05, 4.69) is 15.3 Å². The monoisotopic (exact) mass is 274 g/mol. The molecule has 0 spiro atoms. The fourth-order valence-electron chi connectivity index (χ4n) is 2.13. The quantitative estimate of drug-likeness (QED) is 0.756. The second kappa shape index (κ2) is 7.52. The predicted molar refractivity (Wildman–Crippen MR) is 67.1 cm³/mol. The molecule has 1 fully saturated rings. The number of hydrogen-bond donors (Lipinski definition) is 1. The maximum Gasteiger partial charge on any atom is 0.333 e. The van der Waals surface area contributed by atoms with Gasteiger partial charge in [-0.3, -0.25) is 4.90 Å². The number of halogens is 2. The van der Waals surface area contributed by atoms with Crippen molar-refractivity contribution in [2.75, 3.05) is 39.4 Å². The predicted octanol–water partition coefficient (Wildman–Crippen LogP) is 1.09. The molecule has 0 atom stereocenters. The molecule has 2 rings (SSSR count). The van der Waals surface area contributed by atoms with Gasteiger partial charge in [0, 0.05) is 25.8 Å². The summed E-state index contributed by atoms with van der Waals surface area (Å²) in [7, 11) is 0. The molecule has 0 radical (unpaired) electrons. The first-order valence-corrected chi connectivity index (χ1v) is 6.59. The van der Waals surface area contributed by atoms with Gasteiger partial charge in [0.1, 0.15) is 0 Å². The summed E-state index contributed by atoms with van der Waals surface area (Å²) in [6.07, 6.45) is 2.40. The standard InChI is InChI=1S/C12H20F2N4O/c13-12(14)18-11(2-4-16-18)10-15-3-1-5-17-6-8-19-9-7-17/h2,4,12,15H,1,3,5-10H2. The third-order valence-corrected chi connectivity index (χ3v) is 3.17. The molecule has 0 unspecified atom stereocenters. The van der Waals surface area contributed by atoms with Crippen LogP contribution in [0, 0.1) is 0 Å². The van der Waals surface area contributed by atoms with Gasteiger partial charge in [0.25, 0.3) is 0 Å². The van der Waals surface area contributed by atoms with Crippen LogP contribution in [0.5, 0.6) is 0 Å². The number of hydrogen-bond acceptors (Lipinski definition) is 4. The van der Waals surface area contributed by atoms with E-state index in [9.17, 15) is 8.78 Å². The van der Waals surface area contributed by atoms with Crippen molar-refractivity contribution in [2.24, 2.45) is 0 Å². The zero-order valence-corrected chi connectivity index (χ0v) is 10.9. The van der Waals surface area contributed by atoms with E-state index in [1.165, 1.54) is 6.20 Å². The molecule has 2 heterocycles. The van der Waals surface area contributed by atoms with Crippen LogP contribution in [0.15, 0.2) is 12.3 Å². The molecule has 1 aliphatic heterocycles. The number of rotatable bonds is 7. The SMILES string of the molecule is FC(F)n1nccc1CNCCCN1CCOCC1. The molecule has 1 aromatic rings. The fourth-order valence-corrected chi connectivity index (χ4v) is 2.13. The van der Waals surface area contributed by atoms with E-state index in [1.807, 2.05) is 0 Å². The van der Waals surface area contributed by atoms with E-state index < -0.39 is 6.55 Å². The molecule has 0 aromatic carbocycles. The number of aromatic nitrogens is 2. The van der Waals surface area contributed by atoms with Gasteiger partial charge in [0.15, 0.2) is 0 Å². The summed E-state index contributed by atoms with van der Waals surface area (Å²) >= 11 is 0. The molecule has 0 aliphatic carbocycles. The zero-order chi connectivity index (χ0) is 13.5. The summed E-state index contributed by atoms with van der Waals surface area (Å²) in [6.45, 7) is 3.27. The van der Waals surface area contributed by atoms with Crippen LogP contribution in [0.3, 0.4) is 0 Å². The Kier molecular flexibility index (Phi) is 5.68. The summed E-state index contributed by atoms with van der Waals surface area (Å²) in [5.41, 5.74) is 0.515. The van der Waals surface area contributed by atoms with E-state index in [-0.39, 0.29) is 0 Å².